The summed E-state index contributed by atoms with van der Waals surface area (Å²) >= 11 is 0. The molecule has 0 saturated carbocycles. The number of aromatic nitrogens is 3. The summed E-state index contributed by atoms with van der Waals surface area (Å²) in [6.45, 7) is 0.727. The quantitative estimate of drug-likeness (QED) is 0.820. The van der Waals surface area contributed by atoms with Gasteiger partial charge in [0.15, 0.2) is 15.7 Å². The summed E-state index contributed by atoms with van der Waals surface area (Å²) in [5.41, 5.74) is 5.91. The lowest BCUT2D eigenvalue weighted by Gasteiger charge is -2.20. The second-order valence-electron chi connectivity index (χ2n) is 5.75. The Morgan fingerprint density at radius 3 is 3.00 bits per heavy atom. The van der Waals surface area contributed by atoms with Crippen molar-refractivity contribution in [1.82, 2.24) is 14.8 Å². The predicted octanol–water partition coefficient (Wildman–Crippen LogP) is -0.0811. The molecule has 1 saturated heterocycles. The van der Waals surface area contributed by atoms with Crippen LogP contribution in [0.1, 0.15) is 30.9 Å². The van der Waals surface area contributed by atoms with Crippen LogP contribution in [0.25, 0.3) is 0 Å². The van der Waals surface area contributed by atoms with Crippen molar-refractivity contribution in [3.63, 3.8) is 0 Å². The molecule has 2 N–H and O–H groups in total. The van der Waals surface area contributed by atoms with Crippen LogP contribution in [-0.2, 0) is 29.2 Å². The largest absolute Gasteiger partial charge is 0.326 e. The highest BCUT2D eigenvalue weighted by atomic mass is 32.2. The molecule has 1 aromatic rings. The predicted molar refractivity (Wildman–Crippen MR) is 71.4 cm³/mol. The summed E-state index contributed by atoms with van der Waals surface area (Å²) in [6, 6.07) is 0.164. The molecule has 2 atom stereocenters. The molecule has 2 unspecified atom stereocenters. The molecule has 19 heavy (non-hydrogen) atoms. The van der Waals surface area contributed by atoms with Crippen molar-refractivity contribution in [2.75, 3.05) is 11.5 Å². The highest BCUT2D eigenvalue weighted by Crippen LogP contribution is 2.22. The highest BCUT2D eigenvalue weighted by molar-refractivity contribution is 7.91. The number of aryl methyl sites for hydroxylation is 1. The molecular formula is C12H20N4O2S. The van der Waals surface area contributed by atoms with E-state index in [-0.39, 0.29) is 17.7 Å². The summed E-state index contributed by atoms with van der Waals surface area (Å²) in [4.78, 5) is 4.53. The molecule has 2 aliphatic heterocycles. The highest BCUT2D eigenvalue weighted by Gasteiger charge is 2.27. The van der Waals surface area contributed by atoms with Gasteiger partial charge in [-0.1, -0.05) is 0 Å². The van der Waals surface area contributed by atoms with Gasteiger partial charge in [-0.3, -0.25) is 0 Å². The third-order valence-electron chi connectivity index (χ3n) is 3.97. The Hall–Kier alpha value is -0.950. The minimum atomic E-state index is -2.85. The van der Waals surface area contributed by atoms with E-state index < -0.39 is 9.84 Å². The lowest BCUT2D eigenvalue weighted by atomic mass is 10.0. The maximum Gasteiger partial charge on any atom is 0.151 e. The van der Waals surface area contributed by atoms with Crippen LogP contribution in [-0.4, -0.2) is 40.7 Å². The molecule has 0 bridgehead atoms. The van der Waals surface area contributed by atoms with Crippen LogP contribution in [0.4, 0.5) is 0 Å². The number of fused-ring (bicyclic) bond motifs is 1. The van der Waals surface area contributed by atoms with Gasteiger partial charge in [0.25, 0.3) is 0 Å². The molecule has 0 spiro atoms. The van der Waals surface area contributed by atoms with Gasteiger partial charge in [0.1, 0.15) is 5.82 Å². The molecule has 0 radical (unpaired) electrons. The zero-order valence-corrected chi connectivity index (χ0v) is 11.8. The van der Waals surface area contributed by atoms with Crippen molar-refractivity contribution in [2.24, 2.45) is 11.7 Å². The normalized spacial score (nSPS) is 29.9. The molecule has 1 aromatic heterocycles. The van der Waals surface area contributed by atoms with Gasteiger partial charge in [-0.15, -0.1) is 0 Å². The molecular weight excluding hydrogens is 264 g/mol. The Morgan fingerprint density at radius 1 is 1.37 bits per heavy atom. The summed E-state index contributed by atoms with van der Waals surface area (Å²) in [5.74, 6) is 2.58. The average molecular weight is 284 g/mol. The van der Waals surface area contributed by atoms with Crippen LogP contribution < -0.4 is 5.73 Å². The Labute approximate surface area is 113 Å². The minimum absolute atomic E-state index is 0.164. The van der Waals surface area contributed by atoms with Crippen molar-refractivity contribution in [3.8, 4) is 0 Å². The number of hydrogen-bond acceptors (Lipinski definition) is 5. The lowest BCUT2D eigenvalue weighted by Crippen LogP contribution is -2.32. The first-order chi connectivity index (χ1) is 9.02. The van der Waals surface area contributed by atoms with Gasteiger partial charge >= 0.3 is 0 Å². The molecule has 0 amide bonds. The Balaban J connectivity index is 1.70. The van der Waals surface area contributed by atoms with E-state index in [1.54, 1.807) is 0 Å². The fourth-order valence-corrected chi connectivity index (χ4v) is 4.78. The van der Waals surface area contributed by atoms with Crippen LogP contribution in [0.5, 0.6) is 0 Å². The first kappa shape index (κ1) is 13.1. The molecule has 0 aromatic carbocycles. The number of hydrogen-bond donors (Lipinski definition) is 1. The van der Waals surface area contributed by atoms with E-state index >= 15 is 0 Å². The lowest BCUT2D eigenvalue weighted by molar-refractivity contribution is 0.418. The van der Waals surface area contributed by atoms with Crippen molar-refractivity contribution < 1.29 is 8.42 Å². The summed E-state index contributed by atoms with van der Waals surface area (Å²) in [6.07, 6.45) is 4.23. The topological polar surface area (TPSA) is 90.9 Å². The first-order valence-electron chi connectivity index (χ1n) is 6.90. The SMILES string of the molecule is NC1CCc2nc(CC3CCCS(=O)(=O)C3)nn2C1. The van der Waals surface area contributed by atoms with Gasteiger partial charge in [0.05, 0.1) is 18.1 Å². The van der Waals surface area contributed by atoms with Crippen molar-refractivity contribution >= 4 is 9.84 Å². The van der Waals surface area contributed by atoms with Gasteiger partial charge in [-0.2, -0.15) is 5.10 Å². The molecule has 6 nitrogen and oxygen atoms in total. The minimum Gasteiger partial charge on any atom is -0.326 e. The summed E-state index contributed by atoms with van der Waals surface area (Å²) < 4.78 is 25.1. The number of sulfone groups is 1. The summed E-state index contributed by atoms with van der Waals surface area (Å²) in [7, 11) is -2.85. The zero-order valence-electron chi connectivity index (χ0n) is 11.0. The maximum atomic E-state index is 11.6. The molecule has 3 heterocycles. The van der Waals surface area contributed by atoms with Crippen LogP contribution >= 0.6 is 0 Å². The zero-order chi connectivity index (χ0) is 13.5. The van der Waals surface area contributed by atoms with Gasteiger partial charge in [-0.25, -0.2) is 18.1 Å². The summed E-state index contributed by atoms with van der Waals surface area (Å²) in [5, 5.41) is 4.47. The van der Waals surface area contributed by atoms with Crippen molar-refractivity contribution in [1.29, 1.82) is 0 Å². The van der Waals surface area contributed by atoms with E-state index in [9.17, 15) is 8.42 Å². The molecule has 0 aliphatic carbocycles. The van der Waals surface area contributed by atoms with Crippen LogP contribution in [0, 0.1) is 5.92 Å². The van der Waals surface area contributed by atoms with Gasteiger partial charge < -0.3 is 5.73 Å². The van der Waals surface area contributed by atoms with Crippen LogP contribution in [0.15, 0.2) is 0 Å². The average Bonchev–Trinajstić information content (AvgIpc) is 2.68. The monoisotopic (exact) mass is 284 g/mol. The van der Waals surface area contributed by atoms with Crippen LogP contribution in [0.2, 0.25) is 0 Å². The van der Waals surface area contributed by atoms with Gasteiger partial charge in [-0.05, 0) is 25.2 Å². The number of rotatable bonds is 2. The molecule has 1 fully saturated rings. The van der Waals surface area contributed by atoms with E-state index in [4.69, 9.17) is 5.73 Å². The van der Waals surface area contributed by atoms with Gasteiger partial charge in [0, 0.05) is 18.9 Å². The van der Waals surface area contributed by atoms with E-state index in [1.807, 2.05) is 4.68 Å². The fraction of sp³-hybridized carbons (Fsp3) is 0.833. The maximum absolute atomic E-state index is 11.6. The third-order valence-corrected chi connectivity index (χ3v) is 5.86. The van der Waals surface area contributed by atoms with Crippen LogP contribution in [0.3, 0.4) is 0 Å². The fourth-order valence-electron chi connectivity index (χ4n) is 3.01. The molecule has 7 heteroatoms. The van der Waals surface area contributed by atoms with Crippen molar-refractivity contribution in [3.05, 3.63) is 11.6 Å². The standard InChI is InChI=1S/C12H20N4O2S/c13-10-3-4-12-14-11(15-16(12)7-10)6-9-2-1-5-19(17,18)8-9/h9-10H,1-8,13H2. The number of nitrogens with two attached hydrogens (primary N) is 1. The van der Waals surface area contributed by atoms with E-state index in [0.717, 1.165) is 43.9 Å². The Kier molecular flexibility index (Phi) is 3.34. The van der Waals surface area contributed by atoms with E-state index in [0.29, 0.717) is 12.2 Å². The molecule has 106 valence electrons. The van der Waals surface area contributed by atoms with Gasteiger partial charge in [0.2, 0.25) is 0 Å². The van der Waals surface area contributed by atoms with E-state index in [2.05, 4.69) is 10.1 Å². The smallest absolute Gasteiger partial charge is 0.151 e. The third kappa shape index (κ3) is 2.97. The molecule has 3 rings (SSSR count). The second kappa shape index (κ2) is 4.86. The Bertz CT molecular complexity index is 566. The van der Waals surface area contributed by atoms with E-state index in [1.165, 1.54) is 0 Å². The molecule has 2 aliphatic rings. The first-order valence-corrected chi connectivity index (χ1v) is 8.72. The Morgan fingerprint density at radius 2 is 2.21 bits per heavy atom. The van der Waals surface area contributed by atoms with Crippen molar-refractivity contribution in [2.45, 2.75) is 44.7 Å². The number of nitrogens with zero attached hydrogens (tertiary/aromatic N) is 3. The second-order valence-corrected chi connectivity index (χ2v) is 7.98.